The maximum atomic E-state index is 5.68. The summed E-state index contributed by atoms with van der Waals surface area (Å²) in [6.07, 6.45) is 1.00. The lowest BCUT2D eigenvalue weighted by atomic mass is 9.92. The van der Waals surface area contributed by atoms with Gasteiger partial charge in [-0.25, -0.2) is 0 Å². The molecule has 0 radical (unpaired) electrons. The normalized spacial score (nSPS) is 13.2. The third kappa shape index (κ3) is 1.67. The minimum atomic E-state index is 0.809. The van der Waals surface area contributed by atoms with Crippen LogP contribution in [0.3, 0.4) is 0 Å². The van der Waals surface area contributed by atoms with E-state index in [1.165, 1.54) is 27.4 Å². The van der Waals surface area contributed by atoms with Crippen molar-refractivity contribution in [2.45, 2.75) is 6.42 Å². The van der Waals surface area contributed by atoms with Gasteiger partial charge in [0.2, 0.25) is 0 Å². The van der Waals surface area contributed by atoms with E-state index in [-0.39, 0.29) is 0 Å². The number of rotatable bonds is 2. The predicted octanol–water partition coefficient (Wildman–Crippen LogP) is 3.98. The van der Waals surface area contributed by atoms with Gasteiger partial charge in [-0.3, -0.25) is 0 Å². The van der Waals surface area contributed by atoms with Gasteiger partial charge in [0.15, 0.2) is 11.5 Å². The number of anilines is 1. The molecule has 3 heteroatoms. The number of ether oxygens (including phenoxy) is 2. The van der Waals surface area contributed by atoms with E-state index in [1.54, 1.807) is 14.2 Å². The van der Waals surface area contributed by atoms with E-state index in [0.29, 0.717) is 0 Å². The first-order chi connectivity index (χ1) is 10.3. The first-order valence-electron chi connectivity index (χ1n) is 7.16. The van der Waals surface area contributed by atoms with Gasteiger partial charge in [0, 0.05) is 23.0 Å². The largest absolute Gasteiger partial charge is 0.493 e. The van der Waals surface area contributed by atoms with E-state index < -0.39 is 0 Å². The van der Waals surface area contributed by atoms with Crippen LogP contribution in [0.5, 0.6) is 11.5 Å². The van der Waals surface area contributed by atoms with Crippen molar-refractivity contribution in [2.75, 3.05) is 26.1 Å². The van der Waals surface area contributed by atoms with Gasteiger partial charge in [0.05, 0.1) is 14.2 Å². The molecule has 0 atom stereocenters. The average Bonchev–Trinajstić information content (AvgIpc) is 2.54. The summed E-state index contributed by atoms with van der Waals surface area (Å²) in [5.74, 6) is 1.63. The SMILES string of the molecule is COc1cc2c3c(cc4ccccc4c3c1OC)NCC2. The van der Waals surface area contributed by atoms with Gasteiger partial charge in [0.25, 0.3) is 0 Å². The molecular formula is C18H17NO2. The molecule has 0 amide bonds. The van der Waals surface area contributed by atoms with Gasteiger partial charge in [-0.05, 0) is 34.9 Å². The van der Waals surface area contributed by atoms with Crippen molar-refractivity contribution in [3.8, 4) is 11.5 Å². The van der Waals surface area contributed by atoms with Crippen molar-refractivity contribution in [1.82, 2.24) is 0 Å². The molecule has 1 aliphatic rings. The Bertz CT molecular complexity index is 855. The smallest absolute Gasteiger partial charge is 0.169 e. The highest BCUT2D eigenvalue weighted by Crippen LogP contribution is 2.46. The van der Waals surface area contributed by atoms with E-state index in [4.69, 9.17) is 9.47 Å². The molecule has 0 unspecified atom stereocenters. The summed E-state index contributed by atoms with van der Waals surface area (Å²) in [7, 11) is 3.40. The summed E-state index contributed by atoms with van der Waals surface area (Å²) in [5.41, 5.74) is 2.51. The number of hydrogen-bond donors (Lipinski definition) is 1. The molecule has 1 N–H and O–H groups in total. The van der Waals surface area contributed by atoms with Gasteiger partial charge in [-0.2, -0.15) is 0 Å². The number of fused-ring (bicyclic) bond motifs is 2. The Morgan fingerprint density at radius 2 is 1.86 bits per heavy atom. The lowest BCUT2D eigenvalue weighted by Crippen LogP contribution is -2.12. The highest BCUT2D eigenvalue weighted by atomic mass is 16.5. The van der Waals surface area contributed by atoms with Crippen LogP contribution in [0.15, 0.2) is 36.4 Å². The quantitative estimate of drug-likeness (QED) is 0.720. The lowest BCUT2D eigenvalue weighted by molar-refractivity contribution is 0.358. The van der Waals surface area contributed by atoms with E-state index in [1.807, 2.05) is 0 Å². The molecule has 21 heavy (non-hydrogen) atoms. The lowest BCUT2D eigenvalue weighted by Gasteiger charge is -2.23. The molecule has 0 spiro atoms. The average molecular weight is 279 g/mol. The first-order valence-corrected chi connectivity index (χ1v) is 7.16. The van der Waals surface area contributed by atoms with Crippen molar-refractivity contribution in [3.63, 3.8) is 0 Å². The second-order valence-electron chi connectivity index (χ2n) is 5.34. The van der Waals surface area contributed by atoms with Crippen molar-refractivity contribution in [1.29, 1.82) is 0 Å². The minimum absolute atomic E-state index is 0.809. The summed E-state index contributed by atoms with van der Waals surface area (Å²) in [4.78, 5) is 0. The van der Waals surface area contributed by atoms with Crippen molar-refractivity contribution >= 4 is 27.2 Å². The number of hydrogen-bond acceptors (Lipinski definition) is 3. The monoisotopic (exact) mass is 279 g/mol. The second-order valence-corrected chi connectivity index (χ2v) is 5.34. The Kier molecular flexibility index (Phi) is 2.67. The number of benzene rings is 3. The van der Waals surface area contributed by atoms with Gasteiger partial charge in [0.1, 0.15) is 0 Å². The van der Waals surface area contributed by atoms with Crippen molar-refractivity contribution < 1.29 is 9.47 Å². The van der Waals surface area contributed by atoms with Crippen LogP contribution in [0.4, 0.5) is 5.69 Å². The predicted molar refractivity (Wildman–Crippen MR) is 86.8 cm³/mol. The Hall–Kier alpha value is -2.42. The number of methoxy groups -OCH3 is 2. The first kappa shape index (κ1) is 12.3. The van der Waals surface area contributed by atoms with Crippen LogP contribution in [-0.4, -0.2) is 20.8 Å². The van der Waals surface area contributed by atoms with Crippen LogP contribution >= 0.6 is 0 Å². The fourth-order valence-corrected chi connectivity index (χ4v) is 3.36. The summed E-state index contributed by atoms with van der Waals surface area (Å²) < 4.78 is 11.2. The Balaban J connectivity index is 2.29. The van der Waals surface area contributed by atoms with E-state index in [2.05, 4.69) is 41.7 Å². The third-order valence-corrected chi connectivity index (χ3v) is 4.26. The van der Waals surface area contributed by atoms with Gasteiger partial charge >= 0.3 is 0 Å². The van der Waals surface area contributed by atoms with Crippen LogP contribution in [-0.2, 0) is 6.42 Å². The third-order valence-electron chi connectivity index (χ3n) is 4.26. The molecule has 3 nitrogen and oxygen atoms in total. The minimum Gasteiger partial charge on any atom is -0.493 e. The molecule has 106 valence electrons. The molecule has 3 aromatic carbocycles. The molecule has 0 aliphatic carbocycles. The fourth-order valence-electron chi connectivity index (χ4n) is 3.36. The van der Waals surface area contributed by atoms with Crippen LogP contribution in [0, 0.1) is 0 Å². The van der Waals surface area contributed by atoms with Crippen LogP contribution < -0.4 is 14.8 Å². The summed E-state index contributed by atoms with van der Waals surface area (Å²) in [6.45, 7) is 0.954. The Morgan fingerprint density at radius 1 is 1.00 bits per heavy atom. The topological polar surface area (TPSA) is 30.5 Å². The molecule has 0 bridgehead atoms. The molecular weight excluding hydrogens is 262 g/mol. The Labute approximate surface area is 123 Å². The molecule has 4 rings (SSSR count). The van der Waals surface area contributed by atoms with Crippen LogP contribution in [0.25, 0.3) is 21.5 Å². The van der Waals surface area contributed by atoms with E-state index in [9.17, 15) is 0 Å². The molecule has 0 fully saturated rings. The summed E-state index contributed by atoms with van der Waals surface area (Å²) >= 11 is 0. The maximum absolute atomic E-state index is 5.68. The summed E-state index contributed by atoms with van der Waals surface area (Å²) in [5, 5.41) is 8.34. The maximum Gasteiger partial charge on any atom is 0.169 e. The molecule has 0 aromatic heterocycles. The van der Waals surface area contributed by atoms with E-state index in [0.717, 1.165) is 29.9 Å². The Morgan fingerprint density at radius 3 is 2.67 bits per heavy atom. The zero-order chi connectivity index (χ0) is 14.4. The molecule has 0 saturated carbocycles. The second kappa shape index (κ2) is 4.55. The zero-order valence-electron chi connectivity index (χ0n) is 12.2. The van der Waals surface area contributed by atoms with Crippen molar-refractivity contribution in [3.05, 3.63) is 42.0 Å². The molecule has 1 heterocycles. The van der Waals surface area contributed by atoms with Gasteiger partial charge < -0.3 is 14.8 Å². The highest BCUT2D eigenvalue weighted by Gasteiger charge is 2.21. The van der Waals surface area contributed by atoms with E-state index >= 15 is 0 Å². The molecule has 0 saturated heterocycles. The van der Waals surface area contributed by atoms with Gasteiger partial charge in [-0.15, -0.1) is 0 Å². The van der Waals surface area contributed by atoms with Gasteiger partial charge in [-0.1, -0.05) is 24.3 Å². The summed E-state index contributed by atoms with van der Waals surface area (Å²) in [6, 6.07) is 12.8. The molecule has 1 aliphatic heterocycles. The number of nitrogens with one attached hydrogen (secondary N) is 1. The highest BCUT2D eigenvalue weighted by molar-refractivity contribution is 6.18. The van der Waals surface area contributed by atoms with Crippen LogP contribution in [0.2, 0.25) is 0 Å². The van der Waals surface area contributed by atoms with Crippen LogP contribution in [0.1, 0.15) is 5.56 Å². The molecule has 3 aromatic rings. The van der Waals surface area contributed by atoms with Crippen molar-refractivity contribution in [2.24, 2.45) is 0 Å². The zero-order valence-corrected chi connectivity index (χ0v) is 12.2. The standard InChI is InChI=1S/C18H17NO2/c1-20-15-10-12-7-8-19-14-9-11-5-3-4-6-13(11)17(16(12)14)18(15)21-2/h3-6,9-10,19H,7-8H2,1-2H3. The fraction of sp³-hybridized carbons (Fsp3) is 0.222.